The summed E-state index contributed by atoms with van der Waals surface area (Å²) < 4.78 is 18.2. The maximum Gasteiger partial charge on any atom is 0.336 e. The topological polar surface area (TPSA) is 46.6 Å². The van der Waals surface area contributed by atoms with E-state index in [2.05, 4.69) is 4.90 Å². The van der Waals surface area contributed by atoms with Crippen molar-refractivity contribution >= 4 is 23.9 Å². The summed E-state index contributed by atoms with van der Waals surface area (Å²) in [5, 5.41) is 0. The Morgan fingerprint density at radius 2 is 1.77 bits per heavy atom. The van der Waals surface area contributed by atoms with Crippen molar-refractivity contribution in [2.24, 2.45) is 5.92 Å². The molecule has 5 heteroatoms. The summed E-state index contributed by atoms with van der Waals surface area (Å²) in [7, 11) is 3.97. The zero-order valence-corrected chi connectivity index (χ0v) is 17.3. The first-order valence-corrected chi connectivity index (χ1v) is 10.1. The van der Waals surface area contributed by atoms with E-state index >= 15 is 0 Å². The molecule has 0 aliphatic heterocycles. The highest BCUT2D eigenvalue weighted by Gasteiger charge is 2.26. The van der Waals surface area contributed by atoms with Crippen LogP contribution in [-0.4, -0.2) is 37.3 Å². The molecule has 1 unspecified atom stereocenters. The van der Waals surface area contributed by atoms with Gasteiger partial charge in [-0.05, 0) is 86.5 Å². The molecule has 0 spiro atoms. The molecule has 0 saturated heterocycles. The number of carbonyl (C=O) groups is 2. The number of hydrogen-bond acceptors (Lipinski definition) is 4. The fraction of sp³-hybridized carbons (Fsp3) is 0.280. The number of benzene rings is 2. The van der Waals surface area contributed by atoms with Crippen molar-refractivity contribution in [3.8, 4) is 5.75 Å². The Kier molecular flexibility index (Phi) is 7.31. The molecule has 0 amide bonds. The van der Waals surface area contributed by atoms with Crippen LogP contribution in [0.25, 0.3) is 12.2 Å². The molecule has 3 rings (SSSR count). The Bertz CT molecular complexity index is 943. The number of Topliss-reactive ketones (excluding diaryl/α,β-unsaturated/α-hetero) is 1. The van der Waals surface area contributed by atoms with Crippen molar-refractivity contribution in [3.63, 3.8) is 0 Å². The quantitative estimate of drug-likeness (QED) is 0.394. The number of ether oxygens (including phenoxy) is 1. The lowest BCUT2D eigenvalue weighted by atomic mass is 9.83. The number of carbonyl (C=O) groups excluding carboxylic acids is 2. The van der Waals surface area contributed by atoms with Gasteiger partial charge >= 0.3 is 5.97 Å². The van der Waals surface area contributed by atoms with Crippen molar-refractivity contribution in [1.82, 2.24) is 4.90 Å². The summed E-state index contributed by atoms with van der Waals surface area (Å²) in [4.78, 5) is 26.7. The van der Waals surface area contributed by atoms with E-state index in [9.17, 15) is 14.0 Å². The van der Waals surface area contributed by atoms with Gasteiger partial charge in [0.2, 0.25) is 0 Å². The Morgan fingerprint density at radius 1 is 1.10 bits per heavy atom. The van der Waals surface area contributed by atoms with E-state index < -0.39 is 5.97 Å². The van der Waals surface area contributed by atoms with Crippen molar-refractivity contribution < 1.29 is 18.7 Å². The van der Waals surface area contributed by atoms with E-state index in [-0.39, 0.29) is 17.5 Å². The molecular formula is C25H26FNO3. The van der Waals surface area contributed by atoms with E-state index in [1.165, 1.54) is 18.2 Å². The minimum Gasteiger partial charge on any atom is -0.423 e. The van der Waals surface area contributed by atoms with Gasteiger partial charge in [-0.1, -0.05) is 24.3 Å². The van der Waals surface area contributed by atoms with Crippen molar-refractivity contribution in [1.29, 1.82) is 0 Å². The molecule has 0 aromatic heterocycles. The van der Waals surface area contributed by atoms with Crippen LogP contribution in [0.15, 0.2) is 60.2 Å². The van der Waals surface area contributed by atoms with E-state index in [4.69, 9.17) is 4.74 Å². The molecule has 0 radical (unpaired) electrons. The third-order valence-corrected chi connectivity index (χ3v) is 4.99. The normalized spacial score (nSPS) is 18.3. The highest BCUT2D eigenvalue weighted by atomic mass is 19.1. The SMILES string of the molecule is CN(C)CC1CCC/C(=C/c2ccc(OC(=O)/C=C/c3ccc(F)cc3)cc2)C1=O. The summed E-state index contributed by atoms with van der Waals surface area (Å²) in [6.07, 6.45) is 7.56. The highest BCUT2D eigenvalue weighted by molar-refractivity contribution is 6.01. The average Bonchev–Trinajstić information content (AvgIpc) is 2.72. The Morgan fingerprint density at radius 3 is 2.43 bits per heavy atom. The summed E-state index contributed by atoms with van der Waals surface area (Å²) >= 11 is 0. The van der Waals surface area contributed by atoms with Crippen LogP contribution in [-0.2, 0) is 9.59 Å². The van der Waals surface area contributed by atoms with Crippen LogP contribution in [0.4, 0.5) is 4.39 Å². The first kappa shape index (κ1) is 21.7. The van der Waals surface area contributed by atoms with Gasteiger partial charge in [0.25, 0.3) is 0 Å². The van der Waals surface area contributed by atoms with Crippen LogP contribution in [0.5, 0.6) is 5.75 Å². The van der Waals surface area contributed by atoms with Crippen LogP contribution < -0.4 is 4.74 Å². The molecule has 2 aromatic carbocycles. The van der Waals surface area contributed by atoms with E-state index in [1.807, 2.05) is 32.3 Å². The van der Waals surface area contributed by atoms with Crippen molar-refractivity contribution in [2.45, 2.75) is 19.3 Å². The predicted molar refractivity (Wildman–Crippen MR) is 116 cm³/mol. The number of nitrogens with zero attached hydrogens (tertiary/aromatic N) is 1. The first-order valence-electron chi connectivity index (χ1n) is 10.1. The summed E-state index contributed by atoms with van der Waals surface area (Å²) in [6.45, 7) is 0.774. The maximum absolute atomic E-state index is 12.9. The fourth-order valence-corrected chi connectivity index (χ4v) is 3.54. The third kappa shape index (κ3) is 6.22. The molecule has 2 aromatic rings. The molecule has 4 nitrogen and oxygen atoms in total. The number of halogens is 1. The number of allylic oxidation sites excluding steroid dienone is 1. The van der Waals surface area contributed by atoms with Crippen LogP contribution in [0.3, 0.4) is 0 Å². The van der Waals surface area contributed by atoms with Crippen LogP contribution >= 0.6 is 0 Å². The maximum atomic E-state index is 12.9. The van der Waals surface area contributed by atoms with Crippen LogP contribution in [0, 0.1) is 11.7 Å². The van der Waals surface area contributed by atoms with Crippen molar-refractivity contribution in [2.75, 3.05) is 20.6 Å². The fourth-order valence-electron chi connectivity index (χ4n) is 3.54. The summed E-state index contributed by atoms with van der Waals surface area (Å²) in [5.41, 5.74) is 2.48. The van der Waals surface area contributed by atoms with Gasteiger partial charge in [-0.25, -0.2) is 9.18 Å². The second kappa shape index (κ2) is 10.1. The zero-order chi connectivity index (χ0) is 21.5. The standard InChI is InChI=1S/C25H26FNO3/c1-27(2)17-21-5-3-4-20(25(21)29)16-19-8-13-23(14-9-19)30-24(28)15-10-18-6-11-22(26)12-7-18/h6-16,21H,3-5,17H2,1-2H3/b15-10+,20-16-. The monoisotopic (exact) mass is 407 g/mol. The van der Waals surface area contributed by atoms with Crippen molar-refractivity contribution in [3.05, 3.63) is 77.1 Å². The molecular weight excluding hydrogens is 381 g/mol. The van der Waals surface area contributed by atoms with Gasteiger partial charge in [0.1, 0.15) is 11.6 Å². The molecule has 0 N–H and O–H groups in total. The number of esters is 1. The summed E-state index contributed by atoms with van der Waals surface area (Å²) in [6, 6.07) is 12.9. The number of hydrogen-bond donors (Lipinski definition) is 0. The third-order valence-electron chi connectivity index (χ3n) is 4.99. The average molecular weight is 407 g/mol. The molecule has 1 aliphatic rings. The molecule has 156 valence electrons. The Balaban J connectivity index is 1.60. The van der Waals surface area contributed by atoms with Gasteiger partial charge in [-0.3, -0.25) is 4.79 Å². The molecule has 1 aliphatic carbocycles. The lowest BCUT2D eigenvalue weighted by Gasteiger charge is -2.25. The molecule has 1 atom stereocenters. The van der Waals surface area contributed by atoms with Crippen LogP contribution in [0.2, 0.25) is 0 Å². The molecule has 1 fully saturated rings. The van der Waals surface area contributed by atoms with Gasteiger partial charge in [0.05, 0.1) is 0 Å². The molecule has 30 heavy (non-hydrogen) atoms. The second-order valence-electron chi connectivity index (χ2n) is 7.76. The number of ketones is 1. The van der Waals surface area contributed by atoms with Gasteiger partial charge in [0.15, 0.2) is 5.78 Å². The minimum absolute atomic E-state index is 0.0631. The van der Waals surface area contributed by atoms with E-state index in [1.54, 1.807) is 30.3 Å². The minimum atomic E-state index is -0.514. The lowest BCUT2D eigenvalue weighted by molar-refractivity contribution is -0.129. The number of rotatable bonds is 6. The van der Waals surface area contributed by atoms with Gasteiger partial charge in [-0.2, -0.15) is 0 Å². The van der Waals surface area contributed by atoms with Gasteiger partial charge < -0.3 is 9.64 Å². The van der Waals surface area contributed by atoms with Crippen LogP contribution in [0.1, 0.15) is 30.4 Å². The second-order valence-corrected chi connectivity index (χ2v) is 7.76. The lowest BCUT2D eigenvalue weighted by Crippen LogP contribution is -2.31. The van der Waals surface area contributed by atoms with E-state index in [0.717, 1.165) is 36.9 Å². The predicted octanol–water partition coefficient (Wildman–Crippen LogP) is 4.76. The van der Waals surface area contributed by atoms with Gasteiger partial charge in [0, 0.05) is 18.5 Å². The molecule has 1 saturated carbocycles. The first-order chi connectivity index (χ1) is 14.4. The Labute approximate surface area is 176 Å². The van der Waals surface area contributed by atoms with Gasteiger partial charge in [-0.15, -0.1) is 0 Å². The smallest absolute Gasteiger partial charge is 0.336 e. The largest absolute Gasteiger partial charge is 0.423 e. The highest BCUT2D eigenvalue weighted by Crippen LogP contribution is 2.27. The van der Waals surface area contributed by atoms with E-state index in [0.29, 0.717) is 11.3 Å². The Hall–Kier alpha value is -3.05. The zero-order valence-electron chi connectivity index (χ0n) is 17.3. The summed E-state index contributed by atoms with van der Waals surface area (Å²) in [5.74, 6) is -0.122. The molecule has 0 bridgehead atoms. The molecule has 0 heterocycles.